The van der Waals surface area contributed by atoms with Crippen LogP contribution in [0.3, 0.4) is 0 Å². The Morgan fingerprint density at radius 2 is 0.771 bits per heavy atom. The molecule has 0 aliphatic rings. The molecule has 0 radical (unpaired) electrons. The van der Waals surface area contributed by atoms with Crippen LogP contribution in [0.15, 0.2) is 0 Å². The van der Waals surface area contributed by atoms with E-state index in [0.717, 1.165) is 0 Å². The van der Waals surface area contributed by atoms with Crippen LogP contribution in [0.25, 0.3) is 0 Å². The molecule has 0 fully saturated rings. The van der Waals surface area contributed by atoms with Crippen LogP contribution in [-0.4, -0.2) is 74.5 Å². The fraction of sp³-hybridized carbons (Fsp3) is 0.857. The molecule has 0 aromatic rings. The Balaban J connectivity index is 4.68. The van der Waals surface area contributed by atoms with Gasteiger partial charge in [-0.1, -0.05) is 0 Å². The smallest absolute Gasteiger partial charge is 0.444 e. The summed E-state index contributed by atoms with van der Waals surface area (Å²) >= 11 is 0. The maximum absolute atomic E-state index is 12.9. The lowest BCUT2D eigenvalue weighted by Gasteiger charge is -2.22. The summed E-state index contributed by atoms with van der Waals surface area (Å²) in [4.78, 5) is 35.1. The van der Waals surface area contributed by atoms with E-state index in [-0.39, 0.29) is 39.5 Å². The first-order chi connectivity index (χ1) is 15.8. The fourth-order valence-corrected chi connectivity index (χ4v) is 3.15. The topological polar surface area (TPSA) is 160 Å². The summed E-state index contributed by atoms with van der Waals surface area (Å²) in [5, 5.41) is 7.36. The Kier molecular flexibility index (Phi) is 13.6. The zero-order valence-electron chi connectivity index (χ0n) is 22.3. The molecule has 0 aliphatic heterocycles. The van der Waals surface area contributed by atoms with Crippen molar-refractivity contribution in [2.45, 2.75) is 79.1 Å². The van der Waals surface area contributed by atoms with E-state index in [1.165, 1.54) is 0 Å². The molecule has 0 saturated heterocycles. The molecule has 0 aliphatic carbocycles. The van der Waals surface area contributed by atoms with Gasteiger partial charge in [-0.2, -0.15) is 0 Å². The molecule has 0 spiro atoms. The first kappa shape index (κ1) is 32.9. The summed E-state index contributed by atoms with van der Waals surface area (Å²) in [6.45, 7) is 14.7. The quantitative estimate of drug-likeness (QED) is 0.194. The predicted molar refractivity (Wildman–Crippen MR) is 128 cm³/mol. The van der Waals surface area contributed by atoms with Gasteiger partial charge >= 0.3 is 26.1 Å². The van der Waals surface area contributed by atoms with Crippen molar-refractivity contribution in [3.8, 4) is 0 Å². The highest BCUT2D eigenvalue weighted by Crippen LogP contribution is 2.48. The third kappa shape index (κ3) is 21.0. The Hall–Kier alpha value is -2.08. The zero-order chi connectivity index (χ0) is 27.3. The molecule has 0 unspecified atom stereocenters. The minimum Gasteiger partial charge on any atom is -0.444 e. The lowest BCUT2D eigenvalue weighted by Crippen LogP contribution is -2.35. The average Bonchev–Trinajstić information content (AvgIpc) is 2.62. The molecule has 14 heteroatoms. The van der Waals surface area contributed by atoms with Crippen molar-refractivity contribution in [3.05, 3.63) is 0 Å². The largest absolute Gasteiger partial charge is 0.474 e. The molecule has 0 heterocycles. The van der Waals surface area contributed by atoms with Crippen LogP contribution < -0.4 is 16.0 Å². The van der Waals surface area contributed by atoms with Crippen LogP contribution in [0, 0.1) is 0 Å². The monoisotopic (exact) mass is 527 g/mol. The summed E-state index contributed by atoms with van der Waals surface area (Å²) in [5.74, 6) is 0. The number of ether oxygens (including phenoxy) is 3. The van der Waals surface area contributed by atoms with E-state index in [0.29, 0.717) is 0 Å². The molecule has 0 saturated carbocycles. The molecule has 3 N–H and O–H groups in total. The van der Waals surface area contributed by atoms with E-state index >= 15 is 0 Å². The Morgan fingerprint density at radius 3 is 0.971 bits per heavy atom. The van der Waals surface area contributed by atoms with E-state index in [4.69, 9.17) is 27.8 Å². The van der Waals surface area contributed by atoms with Crippen molar-refractivity contribution < 1.29 is 46.7 Å². The fourth-order valence-electron chi connectivity index (χ4n) is 1.99. The van der Waals surface area contributed by atoms with Crippen LogP contribution in [0.2, 0.25) is 0 Å². The highest BCUT2D eigenvalue weighted by atomic mass is 31.2. The van der Waals surface area contributed by atoms with E-state index in [2.05, 4.69) is 16.0 Å². The van der Waals surface area contributed by atoms with Gasteiger partial charge in [0.2, 0.25) is 0 Å². The maximum atomic E-state index is 12.9. The van der Waals surface area contributed by atoms with Crippen molar-refractivity contribution in [2.75, 3.05) is 39.5 Å². The van der Waals surface area contributed by atoms with E-state index in [1.807, 2.05) is 0 Å². The molecule has 0 bridgehead atoms. The number of alkyl carbamates (subject to hydrolysis) is 3. The normalized spacial score (nSPS) is 12.5. The Labute approximate surface area is 207 Å². The van der Waals surface area contributed by atoms with Crippen molar-refractivity contribution in [1.29, 1.82) is 0 Å². The molecule has 0 aromatic heterocycles. The molecule has 0 rings (SSSR count). The second kappa shape index (κ2) is 14.5. The minimum absolute atomic E-state index is 0.0298. The lowest BCUT2D eigenvalue weighted by atomic mass is 10.2. The van der Waals surface area contributed by atoms with Crippen LogP contribution in [-0.2, 0) is 32.3 Å². The van der Waals surface area contributed by atoms with Crippen LogP contribution in [0.5, 0.6) is 0 Å². The van der Waals surface area contributed by atoms with E-state index in [1.54, 1.807) is 62.3 Å². The van der Waals surface area contributed by atoms with Crippen LogP contribution in [0.1, 0.15) is 62.3 Å². The van der Waals surface area contributed by atoms with Gasteiger partial charge in [0, 0.05) is 19.6 Å². The van der Waals surface area contributed by atoms with Gasteiger partial charge in [-0.05, 0) is 62.3 Å². The number of hydrogen-bond donors (Lipinski definition) is 3. The summed E-state index contributed by atoms with van der Waals surface area (Å²) in [5.41, 5.74) is -2.02. The number of nitrogens with one attached hydrogen (secondary N) is 3. The van der Waals surface area contributed by atoms with Gasteiger partial charge in [-0.25, -0.2) is 18.9 Å². The third-order valence-electron chi connectivity index (χ3n) is 3.06. The SMILES string of the molecule is CC(C)(C)OC(=O)NCCOP(=O)(OCCNC(=O)OC(C)(C)C)OCCNC(=O)OC(C)(C)C. The Morgan fingerprint density at radius 1 is 0.543 bits per heavy atom. The standard InChI is InChI=1S/C21H42N3O10P/c1-19(2,3)32-16(25)22-10-13-29-35(28,30-14-11-23-17(26)33-20(4,5)6)31-15-12-24-18(27)34-21(7,8)9/h10-15H2,1-9H3,(H,22,25)(H,23,26)(H,24,27). The number of hydrogen-bond acceptors (Lipinski definition) is 10. The first-order valence-corrected chi connectivity index (χ1v) is 12.7. The molecule has 0 aromatic carbocycles. The van der Waals surface area contributed by atoms with Gasteiger partial charge in [-0.15, -0.1) is 0 Å². The highest BCUT2D eigenvalue weighted by molar-refractivity contribution is 7.48. The van der Waals surface area contributed by atoms with Gasteiger partial charge in [0.1, 0.15) is 16.8 Å². The van der Waals surface area contributed by atoms with Gasteiger partial charge < -0.3 is 30.2 Å². The third-order valence-corrected chi connectivity index (χ3v) is 4.56. The number of amides is 3. The average molecular weight is 528 g/mol. The molecule has 3 amide bonds. The van der Waals surface area contributed by atoms with Crippen molar-refractivity contribution in [1.82, 2.24) is 16.0 Å². The zero-order valence-corrected chi connectivity index (χ0v) is 23.2. The van der Waals surface area contributed by atoms with Gasteiger partial charge in [0.05, 0.1) is 19.8 Å². The van der Waals surface area contributed by atoms with Crippen molar-refractivity contribution >= 4 is 26.1 Å². The lowest BCUT2D eigenvalue weighted by molar-refractivity contribution is 0.0501. The summed E-state index contributed by atoms with van der Waals surface area (Å²) in [6.07, 6.45) is -2.00. The van der Waals surface area contributed by atoms with E-state index in [9.17, 15) is 18.9 Å². The minimum atomic E-state index is -4.10. The number of carbonyl (C=O) groups is 3. The van der Waals surface area contributed by atoms with E-state index < -0.39 is 42.9 Å². The maximum Gasteiger partial charge on any atom is 0.474 e. The summed E-state index contributed by atoms with van der Waals surface area (Å²) in [6, 6.07) is 0. The first-order valence-electron chi connectivity index (χ1n) is 11.2. The van der Waals surface area contributed by atoms with Gasteiger partial charge in [-0.3, -0.25) is 13.6 Å². The summed E-state index contributed by atoms with van der Waals surface area (Å²) < 4.78 is 44.0. The molecule has 0 atom stereocenters. The molecule has 206 valence electrons. The molecular formula is C21H42N3O10P. The molecule has 35 heavy (non-hydrogen) atoms. The Bertz CT molecular complexity index is 631. The number of phosphoric ester groups is 1. The van der Waals surface area contributed by atoms with Crippen LogP contribution in [0.4, 0.5) is 14.4 Å². The number of rotatable bonds is 12. The predicted octanol–water partition coefficient (Wildman–Crippen LogP) is 3.72. The number of phosphoric acid groups is 1. The molecular weight excluding hydrogens is 485 g/mol. The van der Waals surface area contributed by atoms with Gasteiger partial charge in [0.25, 0.3) is 0 Å². The van der Waals surface area contributed by atoms with Gasteiger partial charge in [0.15, 0.2) is 0 Å². The van der Waals surface area contributed by atoms with Crippen molar-refractivity contribution in [3.63, 3.8) is 0 Å². The summed E-state index contributed by atoms with van der Waals surface area (Å²) in [7, 11) is -4.10. The molecule has 13 nitrogen and oxygen atoms in total. The highest BCUT2D eigenvalue weighted by Gasteiger charge is 2.27. The van der Waals surface area contributed by atoms with Crippen LogP contribution >= 0.6 is 7.82 Å². The second-order valence-corrected chi connectivity index (χ2v) is 11.9. The second-order valence-electron chi connectivity index (χ2n) is 10.2. The number of carbonyl (C=O) groups excluding carboxylic acids is 3. The van der Waals surface area contributed by atoms with Crippen molar-refractivity contribution in [2.24, 2.45) is 0 Å².